The van der Waals surface area contributed by atoms with Crippen molar-refractivity contribution in [2.75, 3.05) is 13.2 Å². The van der Waals surface area contributed by atoms with Crippen LogP contribution < -0.4 is 5.73 Å². The summed E-state index contributed by atoms with van der Waals surface area (Å²) in [7, 11) is 0. The van der Waals surface area contributed by atoms with Crippen LogP contribution in [0.15, 0.2) is 0 Å². The fourth-order valence-corrected chi connectivity index (χ4v) is 1.57. The molecule has 3 N–H and O–H groups in total. The molecule has 0 rings (SSSR count). The highest BCUT2D eigenvalue weighted by Crippen LogP contribution is 2.13. The Bertz CT molecular complexity index is 149. The van der Waals surface area contributed by atoms with Crippen molar-refractivity contribution in [1.29, 1.82) is 0 Å². The van der Waals surface area contributed by atoms with Crippen LogP contribution in [0.5, 0.6) is 0 Å². The number of aliphatic hydroxyl groups is 1. The van der Waals surface area contributed by atoms with E-state index < -0.39 is 5.60 Å². The molecule has 0 spiro atoms. The molecule has 0 aromatic rings. The molecule has 0 aliphatic carbocycles. The van der Waals surface area contributed by atoms with E-state index in [4.69, 9.17) is 10.5 Å². The molecule has 92 valence electrons. The van der Waals surface area contributed by atoms with Crippen LogP contribution in [-0.2, 0) is 4.74 Å². The maximum atomic E-state index is 9.73. The predicted molar refractivity (Wildman–Crippen MR) is 63.9 cm³/mol. The Kier molecular flexibility index (Phi) is 8.02. The predicted octanol–water partition coefficient (Wildman–Crippen LogP) is 2.07. The molecular formula is C12H27NO2. The van der Waals surface area contributed by atoms with Crippen LogP contribution in [-0.4, -0.2) is 30.0 Å². The number of rotatable bonds is 9. The SMILES string of the molecule is CCCCCCOC(C)CC(C)(O)CN. The Morgan fingerprint density at radius 3 is 2.53 bits per heavy atom. The fourth-order valence-electron chi connectivity index (χ4n) is 1.57. The zero-order valence-electron chi connectivity index (χ0n) is 10.5. The average Bonchev–Trinajstić information content (AvgIpc) is 2.17. The van der Waals surface area contributed by atoms with E-state index in [2.05, 4.69) is 6.92 Å². The van der Waals surface area contributed by atoms with Crippen molar-refractivity contribution in [2.24, 2.45) is 5.73 Å². The smallest absolute Gasteiger partial charge is 0.0765 e. The highest BCUT2D eigenvalue weighted by molar-refractivity contribution is 4.76. The summed E-state index contributed by atoms with van der Waals surface area (Å²) in [5.41, 5.74) is 4.65. The molecule has 0 aromatic carbocycles. The van der Waals surface area contributed by atoms with Crippen LogP contribution >= 0.6 is 0 Å². The van der Waals surface area contributed by atoms with Crippen molar-refractivity contribution in [3.8, 4) is 0 Å². The largest absolute Gasteiger partial charge is 0.389 e. The first-order valence-electron chi connectivity index (χ1n) is 6.06. The minimum atomic E-state index is -0.789. The molecule has 0 bridgehead atoms. The summed E-state index contributed by atoms with van der Waals surface area (Å²) in [4.78, 5) is 0. The molecule has 0 radical (unpaired) electrons. The van der Waals surface area contributed by atoms with E-state index in [1.54, 1.807) is 6.92 Å². The lowest BCUT2D eigenvalue weighted by Crippen LogP contribution is -2.37. The maximum Gasteiger partial charge on any atom is 0.0765 e. The molecule has 2 atom stereocenters. The molecule has 0 fully saturated rings. The quantitative estimate of drug-likeness (QED) is 0.581. The van der Waals surface area contributed by atoms with Crippen LogP contribution in [0.2, 0.25) is 0 Å². The Hall–Kier alpha value is -0.120. The second-order valence-electron chi connectivity index (χ2n) is 4.65. The van der Waals surface area contributed by atoms with Crippen molar-refractivity contribution >= 4 is 0 Å². The first-order valence-corrected chi connectivity index (χ1v) is 6.06. The van der Waals surface area contributed by atoms with Gasteiger partial charge in [0.05, 0.1) is 11.7 Å². The Balaban J connectivity index is 3.45. The van der Waals surface area contributed by atoms with E-state index in [9.17, 15) is 5.11 Å². The zero-order chi connectivity index (χ0) is 11.7. The number of ether oxygens (including phenoxy) is 1. The third kappa shape index (κ3) is 8.85. The van der Waals surface area contributed by atoms with E-state index in [-0.39, 0.29) is 12.6 Å². The molecule has 0 saturated carbocycles. The van der Waals surface area contributed by atoms with Gasteiger partial charge in [-0.05, 0) is 20.3 Å². The molecule has 0 heterocycles. The first-order chi connectivity index (χ1) is 7.02. The molecule has 0 aliphatic rings. The molecule has 0 amide bonds. The van der Waals surface area contributed by atoms with Gasteiger partial charge in [0, 0.05) is 19.6 Å². The number of hydrogen-bond acceptors (Lipinski definition) is 3. The summed E-state index contributed by atoms with van der Waals surface area (Å²) in [6.45, 7) is 7.02. The van der Waals surface area contributed by atoms with Gasteiger partial charge in [-0.3, -0.25) is 0 Å². The van der Waals surface area contributed by atoms with Crippen molar-refractivity contribution in [1.82, 2.24) is 0 Å². The van der Waals surface area contributed by atoms with E-state index in [1.807, 2.05) is 6.92 Å². The van der Waals surface area contributed by atoms with E-state index in [0.717, 1.165) is 13.0 Å². The molecule has 0 aromatic heterocycles. The lowest BCUT2D eigenvalue weighted by molar-refractivity contribution is -0.0182. The monoisotopic (exact) mass is 217 g/mol. The molecular weight excluding hydrogens is 190 g/mol. The summed E-state index contributed by atoms with van der Waals surface area (Å²) in [5.74, 6) is 0. The van der Waals surface area contributed by atoms with Gasteiger partial charge in [-0.25, -0.2) is 0 Å². The average molecular weight is 217 g/mol. The Morgan fingerprint density at radius 1 is 1.33 bits per heavy atom. The highest BCUT2D eigenvalue weighted by Gasteiger charge is 2.21. The Labute approximate surface area is 94.0 Å². The molecule has 2 unspecified atom stereocenters. The summed E-state index contributed by atoms with van der Waals surface area (Å²) < 4.78 is 5.61. The minimum absolute atomic E-state index is 0.0881. The molecule has 0 saturated heterocycles. The third-order valence-corrected chi connectivity index (χ3v) is 2.57. The van der Waals surface area contributed by atoms with E-state index in [1.165, 1.54) is 19.3 Å². The highest BCUT2D eigenvalue weighted by atomic mass is 16.5. The molecule has 3 nitrogen and oxygen atoms in total. The van der Waals surface area contributed by atoms with Crippen molar-refractivity contribution in [2.45, 2.75) is 64.6 Å². The van der Waals surface area contributed by atoms with Crippen molar-refractivity contribution in [3.05, 3.63) is 0 Å². The Morgan fingerprint density at radius 2 is 2.00 bits per heavy atom. The molecule has 15 heavy (non-hydrogen) atoms. The van der Waals surface area contributed by atoms with Gasteiger partial charge in [-0.2, -0.15) is 0 Å². The van der Waals surface area contributed by atoms with Crippen LogP contribution in [0.1, 0.15) is 52.9 Å². The van der Waals surface area contributed by atoms with E-state index in [0.29, 0.717) is 6.42 Å². The van der Waals surface area contributed by atoms with Crippen LogP contribution in [0.3, 0.4) is 0 Å². The lowest BCUT2D eigenvalue weighted by atomic mass is 9.99. The first kappa shape index (κ1) is 14.9. The van der Waals surface area contributed by atoms with Gasteiger partial charge in [0.15, 0.2) is 0 Å². The summed E-state index contributed by atoms with van der Waals surface area (Å²) in [6, 6.07) is 0. The van der Waals surface area contributed by atoms with Gasteiger partial charge >= 0.3 is 0 Å². The van der Waals surface area contributed by atoms with Gasteiger partial charge in [0.1, 0.15) is 0 Å². The number of nitrogens with two attached hydrogens (primary N) is 1. The zero-order valence-corrected chi connectivity index (χ0v) is 10.5. The van der Waals surface area contributed by atoms with Gasteiger partial charge in [0.2, 0.25) is 0 Å². The second-order valence-corrected chi connectivity index (χ2v) is 4.65. The molecule has 3 heteroatoms. The van der Waals surface area contributed by atoms with Gasteiger partial charge in [-0.1, -0.05) is 26.2 Å². The number of unbranched alkanes of at least 4 members (excludes halogenated alkanes) is 3. The third-order valence-electron chi connectivity index (χ3n) is 2.57. The standard InChI is InChI=1S/C12H27NO2/c1-4-5-6-7-8-15-11(2)9-12(3,14)10-13/h11,14H,4-10,13H2,1-3H3. The van der Waals surface area contributed by atoms with Crippen LogP contribution in [0.25, 0.3) is 0 Å². The topological polar surface area (TPSA) is 55.5 Å². The normalized spacial score (nSPS) is 17.4. The fraction of sp³-hybridized carbons (Fsp3) is 1.00. The minimum Gasteiger partial charge on any atom is -0.389 e. The number of hydrogen-bond donors (Lipinski definition) is 2. The summed E-state index contributed by atoms with van der Waals surface area (Å²) >= 11 is 0. The van der Waals surface area contributed by atoms with Gasteiger partial charge in [0.25, 0.3) is 0 Å². The van der Waals surface area contributed by atoms with Gasteiger partial charge in [-0.15, -0.1) is 0 Å². The molecule has 0 aliphatic heterocycles. The summed E-state index contributed by atoms with van der Waals surface area (Å²) in [6.07, 6.45) is 5.57. The van der Waals surface area contributed by atoms with E-state index >= 15 is 0 Å². The summed E-state index contributed by atoms with van der Waals surface area (Å²) in [5, 5.41) is 9.73. The van der Waals surface area contributed by atoms with Crippen molar-refractivity contribution < 1.29 is 9.84 Å². The second kappa shape index (κ2) is 8.08. The lowest BCUT2D eigenvalue weighted by Gasteiger charge is -2.25. The van der Waals surface area contributed by atoms with Crippen LogP contribution in [0, 0.1) is 0 Å². The van der Waals surface area contributed by atoms with Gasteiger partial charge < -0.3 is 15.6 Å². The maximum absolute atomic E-state index is 9.73. The van der Waals surface area contributed by atoms with Crippen molar-refractivity contribution in [3.63, 3.8) is 0 Å². The van der Waals surface area contributed by atoms with Crippen LogP contribution in [0.4, 0.5) is 0 Å².